The molecule has 0 aliphatic rings. The smallest absolute Gasteiger partial charge is 0.284 e. The number of methoxy groups -OCH3 is 4. The van der Waals surface area contributed by atoms with Gasteiger partial charge in [-0.2, -0.15) is 17.6 Å². The number of hydrogen-bond donors (Lipinski definition) is 0. The van der Waals surface area contributed by atoms with Crippen molar-refractivity contribution in [1.29, 1.82) is 0 Å². The first kappa shape index (κ1) is 25.1. The normalized spacial score (nSPS) is 11.5. The first-order valence-corrected chi connectivity index (χ1v) is 12.9. The van der Waals surface area contributed by atoms with Crippen molar-refractivity contribution in [3.63, 3.8) is 0 Å². The summed E-state index contributed by atoms with van der Waals surface area (Å²) in [7, 11) is 1.60. The van der Waals surface area contributed by atoms with E-state index < -0.39 is 15.8 Å². The minimum atomic E-state index is -4.22. The average molecular weight is 533 g/mol. The largest absolute Gasteiger partial charge is 0.497 e. The lowest BCUT2D eigenvalue weighted by atomic mass is 10.0. The number of benzene rings is 4. The molecule has 0 saturated heterocycles. The Balaban J connectivity index is 1.75. The highest BCUT2D eigenvalue weighted by atomic mass is 32.2. The molecule has 0 bridgehead atoms. The third-order valence-electron chi connectivity index (χ3n) is 6.25. The van der Waals surface area contributed by atoms with Crippen molar-refractivity contribution >= 4 is 37.5 Å². The number of carbonyl (C=O) groups is 1. The Bertz CT molecular complexity index is 1780. The van der Waals surface area contributed by atoms with Crippen LogP contribution in [0.3, 0.4) is 0 Å². The summed E-state index contributed by atoms with van der Waals surface area (Å²) in [4.78, 5) is 13.9. The molecular formula is C28H24N2O7S. The topological polar surface area (TPSA) is 106 Å². The molecule has 0 radical (unpaired) electrons. The van der Waals surface area contributed by atoms with E-state index in [2.05, 4.69) is 5.10 Å². The van der Waals surface area contributed by atoms with Gasteiger partial charge in [-0.15, -0.1) is 0 Å². The van der Waals surface area contributed by atoms with Gasteiger partial charge in [-0.1, -0.05) is 36.4 Å². The predicted octanol–water partition coefficient (Wildman–Crippen LogP) is 4.69. The lowest BCUT2D eigenvalue weighted by Crippen LogP contribution is -2.16. The van der Waals surface area contributed by atoms with Crippen molar-refractivity contribution in [3.8, 4) is 23.0 Å². The number of ketones is 1. The molecule has 0 fully saturated rings. The van der Waals surface area contributed by atoms with Crippen LogP contribution in [-0.4, -0.2) is 51.8 Å². The Labute approximate surface area is 219 Å². The molecule has 0 amide bonds. The lowest BCUT2D eigenvalue weighted by molar-refractivity contribution is 0.103. The van der Waals surface area contributed by atoms with E-state index in [0.717, 1.165) is 9.47 Å². The number of aromatic nitrogens is 2. The molecule has 0 atom stereocenters. The minimum absolute atomic E-state index is 0.0549. The molecule has 0 N–H and O–H groups in total. The van der Waals surface area contributed by atoms with Crippen LogP contribution in [0.2, 0.25) is 0 Å². The third-order valence-corrected chi connectivity index (χ3v) is 7.90. The van der Waals surface area contributed by atoms with Crippen LogP contribution >= 0.6 is 0 Å². The molecule has 0 aliphatic heterocycles. The number of fused-ring (bicyclic) bond motifs is 2. The maximum Gasteiger partial charge on any atom is 0.284 e. The van der Waals surface area contributed by atoms with Crippen molar-refractivity contribution in [3.05, 3.63) is 84.1 Å². The van der Waals surface area contributed by atoms with E-state index in [1.54, 1.807) is 30.3 Å². The number of rotatable bonds is 8. The van der Waals surface area contributed by atoms with E-state index in [1.807, 2.05) is 18.2 Å². The molecule has 0 saturated carbocycles. The van der Waals surface area contributed by atoms with Gasteiger partial charge in [-0.25, -0.2) is 0 Å². The molecule has 1 aromatic heterocycles. The van der Waals surface area contributed by atoms with Crippen LogP contribution < -0.4 is 18.9 Å². The Morgan fingerprint density at radius 3 is 2.11 bits per heavy atom. The summed E-state index contributed by atoms with van der Waals surface area (Å²) in [6, 6.07) is 20.0. The number of nitrogens with zero attached hydrogens (tertiary/aromatic N) is 2. The van der Waals surface area contributed by atoms with Crippen LogP contribution in [0.25, 0.3) is 21.7 Å². The molecule has 0 unspecified atom stereocenters. The van der Waals surface area contributed by atoms with E-state index in [4.69, 9.17) is 18.9 Å². The van der Waals surface area contributed by atoms with Crippen LogP contribution in [-0.2, 0) is 10.0 Å². The predicted molar refractivity (Wildman–Crippen MR) is 142 cm³/mol. The van der Waals surface area contributed by atoms with Gasteiger partial charge in [0.2, 0.25) is 11.5 Å². The molecule has 5 aromatic rings. The van der Waals surface area contributed by atoms with Gasteiger partial charge in [0.15, 0.2) is 11.5 Å². The first-order valence-electron chi connectivity index (χ1n) is 11.5. The van der Waals surface area contributed by atoms with Crippen LogP contribution in [0.15, 0.2) is 77.7 Å². The van der Waals surface area contributed by atoms with E-state index in [-0.39, 0.29) is 33.2 Å². The van der Waals surface area contributed by atoms with E-state index in [9.17, 15) is 13.2 Å². The summed E-state index contributed by atoms with van der Waals surface area (Å²) >= 11 is 0. The van der Waals surface area contributed by atoms with E-state index >= 15 is 0 Å². The summed E-state index contributed by atoms with van der Waals surface area (Å²) in [5.74, 6) is 0.781. The lowest BCUT2D eigenvalue weighted by Gasteiger charge is -2.13. The highest BCUT2D eigenvalue weighted by Gasteiger charge is 2.29. The second kappa shape index (κ2) is 9.71. The SMILES string of the molecule is COc1ccc2c(C(=O)c3cc(OC)c(OC)c(OC)c3)nn(S(=O)(=O)c3cccc4ccccc34)c2c1. The summed E-state index contributed by atoms with van der Waals surface area (Å²) in [5.41, 5.74) is 0.332. The van der Waals surface area contributed by atoms with Crippen molar-refractivity contribution in [2.75, 3.05) is 28.4 Å². The summed E-state index contributed by atoms with van der Waals surface area (Å²) < 4.78 is 50.4. The van der Waals surface area contributed by atoms with Gasteiger partial charge in [-0.05, 0) is 35.7 Å². The van der Waals surface area contributed by atoms with Crippen LogP contribution in [0, 0.1) is 0 Å². The summed E-state index contributed by atoms with van der Waals surface area (Å²) in [5, 5.41) is 6.00. The van der Waals surface area contributed by atoms with Gasteiger partial charge in [0.25, 0.3) is 10.0 Å². The van der Waals surface area contributed by atoms with Crippen LogP contribution in [0.5, 0.6) is 23.0 Å². The zero-order valence-electron chi connectivity index (χ0n) is 21.1. The van der Waals surface area contributed by atoms with Gasteiger partial charge in [-0.3, -0.25) is 4.79 Å². The van der Waals surface area contributed by atoms with Crippen molar-refractivity contribution in [2.24, 2.45) is 0 Å². The fraction of sp³-hybridized carbons (Fsp3) is 0.143. The quantitative estimate of drug-likeness (QED) is 0.265. The Hall–Kier alpha value is -4.57. The molecular weight excluding hydrogens is 508 g/mol. The molecule has 5 rings (SSSR count). The second-order valence-corrected chi connectivity index (χ2v) is 10.0. The number of carbonyl (C=O) groups excluding carboxylic acids is 1. The van der Waals surface area contributed by atoms with Crippen molar-refractivity contribution < 1.29 is 32.2 Å². The molecule has 9 nitrogen and oxygen atoms in total. The zero-order chi connectivity index (χ0) is 27.0. The highest BCUT2D eigenvalue weighted by Crippen LogP contribution is 2.39. The fourth-order valence-corrected chi connectivity index (χ4v) is 5.91. The van der Waals surface area contributed by atoms with Gasteiger partial charge < -0.3 is 18.9 Å². The van der Waals surface area contributed by atoms with Gasteiger partial charge >= 0.3 is 0 Å². The second-order valence-electron chi connectivity index (χ2n) is 8.30. The van der Waals surface area contributed by atoms with Crippen LogP contribution in [0.4, 0.5) is 0 Å². The molecule has 38 heavy (non-hydrogen) atoms. The molecule has 1 heterocycles. The molecule has 4 aromatic carbocycles. The number of ether oxygens (including phenoxy) is 4. The monoisotopic (exact) mass is 532 g/mol. The minimum Gasteiger partial charge on any atom is -0.497 e. The average Bonchev–Trinajstić information content (AvgIpc) is 3.35. The standard InChI is InChI=1S/C28H24N2O7S/c1-34-19-12-13-21-22(16-19)30(38(32,33)25-11-7-9-17-8-5-6-10-20(17)25)29-26(21)27(31)18-14-23(35-2)28(37-4)24(15-18)36-3/h5-16H,1-4H3. The zero-order valence-corrected chi connectivity index (χ0v) is 21.9. The molecule has 10 heteroatoms. The summed E-state index contributed by atoms with van der Waals surface area (Å²) in [6.07, 6.45) is 0. The summed E-state index contributed by atoms with van der Waals surface area (Å²) in [6.45, 7) is 0. The maximum atomic E-state index is 14.0. The van der Waals surface area contributed by atoms with Gasteiger partial charge in [0.05, 0.1) is 38.9 Å². The molecule has 0 aliphatic carbocycles. The van der Waals surface area contributed by atoms with Crippen LogP contribution in [0.1, 0.15) is 16.1 Å². The molecule has 0 spiro atoms. The van der Waals surface area contributed by atoms with E-state index in [0.29, 0.717) is 22.3 Å². The highest BCUT2D eigenvalue weighted by molar-refractivity contribution is 7.90. The van der Waals surface area contributed by atoms with Crippen molar-refractivity contribution in [1.82, 2.24) is 9.19 Å². The van der Waals surface area contributed by atoms with Gasteiger partial charge in [0, 0.05) is 22.4 Å². The third kappa shape index (κ3) is 3.99. The Morgan fingerprint density at radius 2 is 1.45 bits per heavy atom. The maximum absolute atomic E-state index is 14.0. The molecule has 194 valence electrons. The van der Waals surface area contributed by atoms with Gasteiger partial charge in [0.1, 0.15) is 11.4 Å². The Kier molecular flexibility index (Phi) is 6.41. The first-order chi connectivity index (χ1) is 18.3. The Morgan fingerprint density at radius 1 is 0.763 bits per heavy atom. The number of hydrogen-bond acceptors (Lipinski definition) is 8. The fourth-order valence-electron chi connectivity index (χ4n) is 4.41. The van der Waals surface area contributed by atoms with E-state index in [1.165, 1.54) is 52.7 Å². The van der Waals surface area contributed by atoms with Crippen molar-refractivity contribution in [2.45, 2.75) is 4.90 Å².